The van der Waals surface area contributed by atoms with Gasteiger partial charge in [-0.05, 0) is 18.1 Å². The SMILES string of the molecule is CCC(C)CN(N)c1ccccc1. The third-order valence-electron chi connectivity index (χ3n) is 2.29. The first kappa shape index (κ1) is 10.1. The monoisotopic (exact) mass is 178 g/mol. The molecule has 1 aromatic rings. The number of nitrogens with two attached hydrogens (primary N) is 1. The third-order valence-corrected chi connectivity index (χ3v) is 2.29. The van der Waals surface area contributed by atoms with E-state index in [2.05, 4.69) is 13.8 Å². The molecule has 0 amide bonds. The second-order valence-corrected chi connectivity index (χ2v) is 3.50. The standard InChI is InChI=1S/C11H18N2/c1-3-10(2)9-13(12)11-7-5-4-6-8-11/h4-8,10H,3,9,12H2,1-2H3. The molecule has 1 unspecified atom stereocenters. The maximum atomic E-state index is 5.90. The molecule has 0 aliphatic rings. The Hall–Kier alpha value is -1.02. The Morgan fingerprint density at radius 1 is 1.31 bits per heavy atom. The van der Waals surface area contributed by atoms with E-state index < -0.39 is 0 Å². The van der Waals surface area contributed by atoms with Gasteiger partial charge in [0.2, 0.25) is 0 Å². The van der Waals surface area contributed by atoms with E-state index in [0.717, 1.165) is 12.2 Å². The molecule has 2 nitrogen and oxygen atoms in total. The minimum absolute atomic E-state index is 0.644. The molecule has 0 spiro atoms. The van der Waals surface area contributed by atoms with Crippen LogP contribution in [-0.2, 0) is 0 Å². The zero-order valence-electron chi connectivity index (χ0n) is 8.40. The molecule has 0 aliphatic carbocycles. The van der Waals surface area contributed by atoms with Crippen molar-refractivity contribution in [3.8, 4) is 0 Å². The zero-order valence-corrected chi connectivity index (χ0v) is 8.40. The highest BCUT2D eigenvalue weighted by molar-refractivity contribution is 5.44. The average molecular weight is 178 g/mol. The van der Waals surface area contributed by atoms with E-state index in [-0.39, 0.29) is 0 Å². The molecular weight excluding hydrogens is 160 g/mol. The molecule has 0 fully saturated rings. The number of rotatable bonds is 4. The second-order valence-electron chi connectivity index (χ2n) is 3.50. The van der Waals surface area contributed by atoms with Gasteiger partial charge in [-0.3, -0.25) is 0 Å². The van der Waals surface area contributed by atoms with Crippen LogP contribution < -0.4 is 10.9 Å². The van der Waals surface area contributed by atoms with E-state index in [1.54, 1.807) is 0 Å². The summed E-state index contributed by atoms with van der Waals surface area (Å²) in [6.07, 6.45) is 1.17. The Bertz CT molecular complexity index is 233. The molecule has 1 atom stereocenters. The lowest BCUT2D eigenvalue weighted by molar-refractivity contribution is 0.549. The maximum absolute atomic E-state index is 5.90. The van der Waals surface area contributed by atoms with Gasteiger partial charge < -0.3 is 5.01 Å². The largest absolute Gasteiger partial charge is 0.311 e. The Kier molecular flexibility index (Phi) is 3.77. The van der Waals surface area contributed by atoms with Gasteiger partial charge >= 0.3 is 0 Å². The Balaban J connectivity index is 2.53. The number of nitrogens with zero attached hydrogens (tertiary/aromatic N) is 1. The van der Waals surface area contributed by atoms with Crippen molar-refractivity contribution in [3.63, 3.8) is 0 Å². The second kappa shape index (κ2) is 4.87. The fourth-order valence-corrected chi connectivity index (χ4v) is 1.19. The van der Waals surface area contributed by atoms with Crippen molar-refractivity contribution in [2.24, 2.45) is 11.8 Å². The molecule has 0 bridgehead atoms. The number of hydrogen-bond acceptors (Lipinski definition) is 2. The highest BCUT2D eigenvalue weighted by atomic mass is 15.4. The summed E-state index contributed by atoms with van der Waals surface area (Å²) in [5.41, 5.74) is 1.09. The Morgan fingerprint density at radius 2 is 1.92 bits per heavy atom. The van der Waals surface area contributed by atoms with Crippen molar-refractivity contribution in [1.82, 2.24) is 0 Å². The van der Waals surface area contributed by atoms with Gasteiger partial charge in [-0.25, -0.2) is 5.84 Å². The van der Waals surface area contributed by atoms with Crippen molar-refractivity contribution >= 4 is 5.69 Å². The van der Waals surface area contributed by atoms with Crippen LogP contribution in [0, 0.1) is 5.92 Å². The van der Waals surface area contributed by atoms with Crippen LogP contribution in [0.25, 0.3) is 0 Å². The van der Waals surface area contributed by atoms with Crippen LogP contribution in [0.4, 0.5) is 5.69 Å². The highest BCUT2D eigenvalue weighted by Gasteiger charge is 2.04. The maximum Gasteiger partial charge on any atom is 0.0517 e. The third kappa shape index (κ3) is 3.07. The number of hydrazine groups is 1. The minimum atomic E-state index is 0.644. The van der Waals surface area contributed by atoms with Crippen molar-refractivity contribution < 1.29 is 0 Å². The summed E-state index contributed by atoms with van der Waals surface area (Å²) in [5.74, 6) is 6.55. The van der Waals surface area contributed by atoms with Crippen molar-refractivity contribution in [2.45, 2.75) is 20.3 Å². The molecule has 72 valence electrons. The van der Waals surface area contributed by atoms with Gasteiger partial charge in [0.05, 0.1) is 5.69 Å². The lowest BCUT2D eigenvalue weighted by Crippen LogP contribution is -2.34. The van der Waals surface area contributed by atoms with Crippen LogP contribution in [0.15, 0.2) is 30.3 Å². The van der Waals surface area contributed by atoms with Crippen molar-refractivity contribution in [1.29, 1.82) is 0 Å². The molecule has 2 N–H and O–H groups in total. The highest BCUT2D eigenvalue weighted by Crippen LogP contribution is 2.12. The van der Waals surface area contributed by atoms with E-state index in [4.69, 9.17) is 5.84 Å². The average Bonchev–Trinajstić information content (AvgIpc) is 2.19. The lowest BCUT2D eigenvalue weighted by Gasteiger charge is -2.21. The fourth-order valence-electron chi connectivity index (χ4n) is 1.19. The molecule has 0 heterocycles. The topological polar surface area (TPSA) is 29.3 Å². The van der Waals surface area contributed by atoms with Crippen molar-refractivity contribution in [3.05, 3.63) is 30.3 Å². The number of para-hydroxylation sites is 1. The number of anilines is 1. The summed E-state index contributed by atoms with van der Waals surface area (Å²) in [6, 6.07) is 10.1. The van der Waals surface area contributed by atoms with Crippen LogP contribution in [0.2, 0.25) is 0 Å². The van der Waals surface area contributed by atoms with Crippen LogP contribution in [0.3, 0.4) is 0 Å². The molecule has 0 radical (unpaired) electrons. The minimum Gasteiger partial charge on any atom is -0.311 e. The molecule has 0 aliphatic heterocycles. The molecule has 1 rings (SSSR count). The zero-order chi connectivity index (χ0) is 9.68. The molecule has 0 aromatic heterocycles. The molecule has 0 saturated heterocycles. The van der Waals surface area contributed by atoms with Crippen molar-refractivity contribution in [2.75, 3.05) is 11.6 Å². The smallest absolute Gasteiger partial charge is 0.0517 e. The lowest BCUT2D eigenvalue weighted by atomic mass is 10.1. The fraction of sp³-hybridized carbons (Fsp3) is 0.455. The van der Waals surface area contributed by atoms with Gasteiger partial charge in [0.1, 0.15) is 0 Å². The Morgan fingerprint density at radius 3 is 2.46 bits per heavy atom. The van der Waals surface area contributed by atoms with Gasteiger partial charge in [-0.15, -0.1) is 0 Å². The summed E-state index contributed by atoms with van der Waals surface area (Å²) >= 11 is 0. The summed E-state index contributed by atoms with van der Waals surface area (Å²) in [6.45, 7) is 5.31. The molecule has 0 saturated carbocycles. The normalized spacial score (nSPS) is 12.5. The molecule has 2 heteroatoms. The predicted molar refractivity (Wildman–Crippen MR) is 57.4 cm³/mol. The van der Waals surface area contributed by atoms with E-state index in [9.17, 15) is 0 Å². The van der Waals surface area contributed by atoms with E-state index in [1.165, 1.54) is 6.42 Å². The van der Waals surface area contributed by atoms with Gasteiger partial charge in [-0.1, -0.05) is 38.5 Å². The van der Waals surface area contributed by atoms with Crippen LogP contribution in [0.1, 0.15) is 20.3 Å². The van der Waals surface area contributed by atoms with E-state index in [1.807, 2.05) is 35.3 Å². The van der Waals surface area contributed by atoms with E-state index >= 15 is 0 Å². The quantitative estimate of drug-likeness (QED) is 0.566. The summed E-state index contributed by atoms with van der Waals surface area (Å²) in [5, 5.41) is 1.81. The van der Waals surface area contributed by atoms with E-state index in [0.29, 0.717) is 5.92 Å². The molecular formula is C11H18N2. The van der Waals surface area contributed by atoms with Crippen LogP contribution >= 0.6 is 0 Å². The van der Waals surface area contributed by atoms with Crippen LogP contribution in [0.5, 0.6) is 0 Å². The predicted octanol–water partition coefficient (Wildman–Crippen LogP) is 2.41. The van der Waals surface area contributed by atoms with Crippen LogP contribution in [-0.4, -0.2) is 6.54 Å². The van der Waals surface area contributed by atoms with Gasteiger partial charge in [0, 0.05) is 6.54 Å². The first-order chi connectivity index (χ1) is 6.24. The Labute approximate surface area is 80.3 Å². The summed E-state index contributed by atoms with van der Waals surface area (Å²) in [4.78, 5) is 0. The van der Waals surface area contributed by atoms with Gasteiger partial charge in [0.15, 0.2) is 0 Å². The number of hydrogen-bond donors (Lipinski definition) is 1. The van der Waals surface area contributed by atoms with Gasteiger partial charge in [-0.2, -0.15) is 0 Å². The first-order valence-corrected chi connectivity index (χ1v) is 4.81. The first-order valence-electron chi connectivity index (χ1n) is 4.81. The van der Waals surface area contributed by atoms with Gasteiger partial charge in [0.25, 0.3) is 0 Å². The molecule has 1 aromatic carbocycles. The number of benzene rings is 1. The summed E-state index contributed by atoms with van der Waals surface area (Å²) < 4.78 is 0. The molecule has 13 heavy (non-hydrogen) atoms. The summed E-state index contributed by atoms with van der Waals surface area (Å²) in [7, 11) is 0.